The summed E-state index contributed by atoms with van der Waals surface area (Å²) >= 11 is 0. The molecule has 2 saturated heterocycles. The Morgan fingerprint density at radius 3 is 2.50 bits per heavy atom. The maximum Gasteiger partial charge on any atom is 0.236 e. The third-order valence-corrected chi connectivity index (χ3v) is 4.72. The van der Waals surface area contributed by atoms with Crippen molar-refractivity contribution >= 4 is 5.91 Å². The van der Waals surface area contributed by atoms with Gasteiger partial charge in [0, 0.05) is 25.9 Å². The predicted octanol–water partition coefficient (Wildman–Crippen LogP) is 1.19. The van der Waals surface area contributed by atoms with Crippen LogP contribution in [-0.2, 0) is 20.7 Å². The van der Waals surface area contributed by atoms with Gasteiger partial charge in [-0.2, -0.15) is 0 Å². The quantitative estimate of drug-likeness (QED) is 0.792. The van der Waals surface area contributed by atoms with Gasteiger partial charge in [-0.3, -0.25) is 4.79 Å². The van der Waals surface area contributed by atoms with Gasteiger partial charge < -0.3 is 24.4 Å². The first kappa shape index (κ1) is 17.2. The Balaban J connectivity index is 1.34. The van der Waals surface area contributed by atoms with Crippen LogP contribution in [0.4, 0.5) is 0 Å². The number of methoxy groups -OCH3 is 1. The molecular formula is C18H26N2O4. The fourth-order valence-corrected chi connectivity index (χ4v) is 3.21. The number of hydrogen-bond donors (Lipinski definition) is 1. The number of piperidine rings is 1. The lowest BCUT2D eigenvalue weighted by Gasteiger charge is -2.37. The van der Waals surface area contributed by atoms with E-state index in [1.807, 2.05) is 29.2 Å². The molecule has 0 aliphatic carbocycles. The maximum absolute atomic E-state index is 12.3. The Morgan fingerprint density at radius 2 is 1.88 bits per heavy atom. The number of nitrogens with one attached hydrogen (secondary N) is 1. The van der Waals surface area contributed by atoms with Gasteiger partial charge in [-0.05, 0) is 30.7 Å². The van der Waals surface area contributed by atoms with Crippen molar-refractivity contribution in [2.75, 3.05) is 46.5 Å². The highest BCUT2D eigenvalue weighted by Gasteiger charge is 2.40. The summed E-state index contributed by atoms with van der Waals surface area (Å²) in [6, 6.07) is 8.01. The van der Waals surface area contributed by atoms with E-state index in [2.05, 4.69) is 5.32 Å². The van der Waals surface area contributed by atoms with Crippen LogP contribution in [0, 0.1) is 0 Å². The molecule has 1 N–H and O–H groups in total. The molecule has 3 rings (SSSR count). The maximum atomic E-state index is 12.3. The molecule has 1 aromatic rings. The summed E-state index contributed by atoms with van der Waals surface area (Å²) in [5.41, 5.74) is 1.23. The first-order valence-corrected chi connectivity index (χ1v) is 8.60. The molecule has 0 bridgehead atoms. The number of carbonyl (C=O) groups is 1. The van der Waals surface area contributed by atoms with Crippen molar-refractivity contribution in [1.29, 1.82) is 0 Å². The molecule has 0 saturated carbocycles. The van der Waals surface area contributed by atoms with Gasteiger partial charge in [0.05, 0.1) is 26.9 Å². The van der Waals surface area contributed by atoms with E-state index >= 15 is 0 Å². The average Bonchev–Trinajstić information content (AvgIpc) is 3.07. The number of nitrogens with zero attached hydrogens (tertiary/aromatic N) is 1. The van der Waals surface area contributed by atoms with Gasteiger partial charge in [-0.1, -0.05) is 12.1 Å². The Bertz CT molecular complexity index is 530. The van der Waals surface area contributed by atoms with Crippen molar-refractivity contribution in [1.82, 2.24) is 10.2 Å². The number of amides is 1. The van der Waals surface area contributed by atoms with E-state index in [0.717, 1.165) is 31.6 Å². The molecule has 6 nitrogen and oxygen atoms in total. The molecule has 0 aromatic heterocycles. The van der Waals surface area contributed by atoms with Gasteiger partial charge in [-0.15, -0.1) is 0 Å². The van der Waals surface area contributed by atoms with Gasteiger partial charge in [0.2, 0.25) is 5.91 Å². The van der Waals surface area contributed by atoms with Gasteiger partial charge in [-0.25, -0.2) is 0 Å². The first-order valence-electron chi connectivity index (χ1n) is 8.60. The van der Waals surface area contributed by atoms with E-state index in [1.54, 1.807) is 7.11 Å². The Labute approximate surface area is 143 Å². The van der Waals surface area contributed by atoms with Crippen LogP contribution in [0.1, 0.15) is 18.4 Å². The number of rotatable bonds is 6. The Hall–Kier alpha value is -1.63. The van der Waals surface area contributed by atoms with E-state index in [9.17, 15) is 4.79 Å². The van der Waals surface area contributed by atoms with Crippen LogP contribution in [-0.4, -0.2) is 63.1 Å². The van der Waals surface area contributed by atoms with E-state index in [0.29, 0.717) is 32.8 Å². The standard InChI is InChI=1S/C18H26N2O4/c1-22-16-4-2-15(3-5-16)6-9-19-14-17(21)20-10-7-18(8-11-20)23-12-13-24-18/h2-5,19H,6-14H2,1H3. The Kier molecular flexibility index (Phi) is 5.71. The minimum absolute atomic E-state index is 0.151. The predicted molar refractivity (Wildman–Crippen MR) is 90.0 cm³/mol. The minimum atomic E-state index is -0.418. The second kappa shape index (κ2) is 7.96. The summed E-state index contributed by atoms with van der Waals surface area (Å²) < 4.78 is 16.5. The van der Waals surface area contributed by atoms with E-state index < -0.39 is 5.79 Å². The largest absolute Gasteiger partial charge is 0.497 e. The zero-order valence-electron chi connectivity index (χ0n) is 14.3. The summed E-state index contributed by atoms with van der Waals surface area (Å²) in [4.78, 5) is 14.2. The van der Waals surface area contributed by atoms with Crippen molar-refractivity contribution in [3.8, 4) is 5.75 Å². The van der Waals surface area contributed by atoms with Crippen molar-refractivity contribution in [2.45, 2.75) is 25.0 Å². The normalized spacial score (nSPS) is 19.6. The molecule has 132 valence electrons. The third-order valence-electron chi connectivity index (χ3n) is 4.72. The molecule has 24 heavy (non-hydrogen) atoms. The highest BCUT2D eigenvalue weighted by molar-refractivity contribution is 5.78. The number of likely N-dealkylation sites (tertiary alicyclic amines) is 1. The molecule has 1 aromatic carbocycles. The first-order chi connectivity index (χ1) is 11.7. The van der Waals surface area contributed by atoms with Gasteiger partial charge >= 0.3 is 0 Å². The number of benzene rings is 1. The topological polar surface area (TPSA) is 60.0 Å². The van der Waals surface area contributed by atoms with E-state index in [4.69, 9.17) is 14.2 Å². The summed E-state index contributed by atoms with van der Waals surface area (Å²) in [5.74, 6) is 0.594. The SMILES string of the molecule is COc1ccc(CCNCC(=O)N2CCC3(CC2)OCCO3)cc1. The fourth-order valence-electron chi connectivity index (χ4n) is 3.21. The summed E-state index contributed by atoms with van der Waals surface area (Å²) in [5, 5.41) is 3.24. The van der Waals surface area contributed by atoms with Crippen molar-refractivity contribution < 1.29 is 19.0 Å². The lowest BCUT2D eigenvalue weighted by molar-refractivity contribution is -0.187. The molecule has 2 heterocycles. The molecule has 0 unspecified atom stereocenters. The number of hydrogen-bond acceptors (Lipinski definition) is 5. The van der Waals surface area contributed by atoms with Crippen LogP contribution in [0.2, 0.25) is 0 Å². The molecule has 6 heteroatoms. The molecule has 0 radical (unpaired) electrons. The van der Waals surface area contributed by atoms with Crippen LogP contribution in [0.3, 0.4) is 0 Å². The van der Waals surface area contributed by atoms with Gasteiger partial charge in [0.25, 0.3) is 0 Å². The van der Waals surface area contributed by atoms with Crippen LogP contribution in [0.25, 0.3) is 0 Å². The molecule has 2 aliphatic heterocycles. The zero-order chi connectivity index (χ0) is 16.8. The van der Waals surface area contributed by atoms with E-state index in [1.165, 1.54) is 5.56 Å². The lowest BCUT2D eigenvalue weighted by atomic mass is 10.0. The molecule has 0 atom stereocenters. The number of ether oxygens (including phenoxy) is 3. The number of carbonyl (C=O) groups excluding carboxylic acids is 1. The highest BCUT2D eigenvalue weighted by Crippen LogP contribution is 2.31. The van der Waals surface area contributed by atoms with Crippen LogP contribution in [0.15, 0.2) is 24.3 Å². The summed E-state index contributed by atoms with van der Waals surface area (Å²) in [7, 11) is 1.66. The average molecular weight is 334 g/mol. The molecule has 2 fully saturated rings. The zero-order valence-corrected chi connectivity index (χ0v) is 14.3. The van der Waals surface area contributed by atoms with Crippen molar-refractivity contribution in [2.24, 2.45) is 0 Å². The second-order valence-corrected chi connectivity index (χ2v) is 6.26. The molecular weight excluding hydrogens is 308 g/mol. The van der Waals surface area contributed by atoms with Crippen LogP contribution in [0.5, 0.6) is 5.75 Å². The summed E-state index contributed by atoms with van der Waals surface area (Å²) in [6.07, 6.45) is 2.43. The second-order valence-electron chi connectivity index (χ2n) is 6.26. The summed E-state index contributed by atoms with van der Waals surface area (Å²) in [6.45, 7) is 3.91. The molecule has 2 aliphatic rings. The third kappa shape index (κ3) is 4.26. The highest BCUT2D eigenvalue weighted by atomic mass is 16.7. The fraction of sp³-hybridized carbons (Fsp3) is 0.611. The van der Waals surface area contributed by atoms with Crippen LogP contribution >= 0.6 is 0 Å². The van der Waals surface area contributed by atoms with E-state index in [-0.39, 0.29) is 5.91 Å². The molecule has 1 spiro atoms. The Morgan fingerprint density at radius 1 is 1.21 bits per heavy atom. The van der Waals surface area contributed by atoms with Crippen molar-refractivity contribution in [3.05, 3.63) is 29.8 Å². The van der Waals surface area contributed by atoms with Gasteiger partial charge in [0.1, 0.15) is 5.75 Å². The van der Waals surface area contributed by atoms with Crippen molar-refractivity contribution in [3.63, 3.8) is 0 Å². The monoisotopic (exact) mass is 334 g/mol. The van der Waals surface area contributed by atoms with Gasteiger partial charge in [0.15, 0.2) is 5.79 Å². The minimum Gasteiger partial charge on any atom is -0.497 e. The van der Waals surface area contributed by atoms with Crippen LogP contribution < -0.4 is 10.1 Å². The molecule has 1 amide bonds. The smallest absolute Gasteiger partial charge is 0.236 e. The lowest BCUT2D eigenvalue weighted by Crippen LogP contribution is -2.49.